The van der Waals surface area contributed by atoms with E-state index in [4.69, 9.17) is 0 Å². The standard InChI is InChI=1S/C13H16N2OS/c1-13(2,3)17(16)15-9-10-8-14-12-7-5-4-6-11(10)12/h4-9,14H,1-3H3/b15-9+. The Morgan fingerprint density at radius 3 is 2.71 bits per heavy atom. The van der Waals surface area contributed by atoms with Crippen molar-refractivity contribution in [1.29, 1.82) is 0 Å². The van der Waals surface area contributed by atoms with E-state index in [2.05, 4.69) is 9.38 Å². The fourth-order valence-corrected chi connectivity index (χ4v) is 1.99. The first-order chi connectivity index (χ1) is 7.98. The topological polar surface area (TPSA) is 45.2 Å². The highest BCUT2D eigenvalue weighted by atomic mass is 32.2. The molecule has 1 atom stereocenters. The average Bonchev–Trinajstić information content (AvgIpc) is 2.68. The smallest absolute Gasteiger partial charge is 0.144 e. The number of para-hydroxylation sites is 1. The van der Waals surface area contributed by atoms with Crippen LogP contribution in [0.3, 0.4) is 0 Å². The third-order valence-corrected chi connectivity index (χ3v) is 3.78. The van der Waals surface area contributed by atoms with Crippen LogP contribution in [-0.2, 0) is 11.0 Å². The van der Waals surface area contributed by atoms with E-state index in [-0.39, 0.29) is 4.75 Å². The highest BCUT2D eigenvalue weighted by Crippen LogP contribution is 2.17. The van der Waals surface area contributed by atoms with Crippen LogP contribution in [0, 0.1) is 0 Å². The second-order valence-electron chi connectivity index (χ2n) is 4.89. The van der Waals surface area contributed by atoms with Gasteiger partial charge in [0.2, 0.25) is 0 Å². The maximum absolute atomic E-state index is 11.8. The molecule has 0 amide bonds. The molecule has 2 rings (SSSR count). The molecule has 17 heavy (non-hydrogen) atoms. The van der Waals surface area contributed by atoms with Crippen LogP contribution in [0.5, 0.6) is 0 Å². The Labute approximate surface area is 104 Å². The summed E-state index contributed by atoms with van der Waals surface area (Å²) in [5.74, 6) is 0. The molecule has 0 bridgehead atoms. The van der Waals surface area contributed by atoms with Gasteiger partial charge in [0.1, 0.15) is 11.0 Å². The molecule has 0 fully saturated rings. The first kappa shape index (κ1) is 12.0. The predicted molar refractivity (Wildman–Crippen MR) is 73.8 cm³/mol. The maximum Gasteiger partial charge on any atom is 0.144 e. The van der Waals surface area contributed by atoms with Crippen molar-refractivity contribution in [2.45, 2.75) is 25.5 Å². The van der Waals surface area contributed by atoms with E-state index in [1.54, 1.807) is 6.21 Å². The monoisotopic (exact) mass is 248 g/mol. The van der Waals surface area contributed by atoms with Gasteiger partial charge in [-0.05, 0) is 26.8 Å². The molecular formula is C13H16N2OS. The van der Waals surface area contributed by atoms with E-state index in [0.29, 0.717) is 0 Å². The number of hydrogen-bond acceptors (Lipinski definition) is 1. The van der Waals surface area contributed by atoms with E-state index in [1.165, 1.54) is 0 Å². The Morgan fingerprint density at radius 2 is 2.00 bits per heavy atom. The lowest BCUT2D eigenvalue weighted by molar-refractivity contribution is 0.651. The minimum Gasteiger partial charge on any atom is -0.361 e. The summed E-state index contributed by atoms with van der Waals surface area (Å²) < 4.78 is 15.6. The fourth-order valence-electron chi connectivity index (χ4n) is 1.46. The van der Waals surface area contributed by atoms with Gasteiger partial charge in [0.25, 0.3) is 0 Å². The van der Waals surface area contributed by atoms with E-state index in [9.17, 15) is 4.21 Å². The number of aromatic nitrogens is 1. The molecule has 0 radical (unpaired) electrons. The Kier molecular flexibility index (Phi) is 3.15. The van der Waals surface area contributed by atoms with Crippen LogP contribution in [0.2, 0.25) is 0 Å². The van der Waals surface area contributed by atoms with Gasteiger partial charge in [0.05, 0.1) is 4.75 Å². The Balaban J connectivity index is 2.31. The maximum atomic E-state index is 11.8. The minimum absolute atomic E-state index is 0.317. The van der Waals surface area contributed by atoms with Crippen molar-refractivity contribution in [3.63, 3.8) is 0 Å². The van der Waals surface area contributed by atoms with Crippen LogP contribution in [0.4, 0.5) is 0 Å². The lowest BCUT2D eigenvalue weighted by Crippen LogP contribution is -2.19. The zero-order valence-electron chi connectivity index (χ0n) is 10.2. The second-order valence-corrected chi connectivity index (χ2v) is 6.82. The summed E-state index contributed by atoms with van der Waals surface area (Å²) >= 11 is 0. The largest absolute Gasteiger partial charge is 0.361 e. The highest BCUT2D eigenvalue weighted by Gasteiger charge is 2.18. The highest BCUT2D eigenvalue weighted by molar-refractivity contribution is 7.85. The van der Waals surface area contributed by atoms with Gasteiger partial charge in [-0.2, -0.15) is 4.40 Å². The molecule has 1 aromatic carbocycles. The third kappa shape index (κ3) is 2.64. The molecule has 0 saturated carbocycles. The van der Waals surface area contributed by atoms with Crippen LogP contribution in [0.1, 0.15) is 26.3 Å². The van der Waals surface area contributed by atoms with Crippen molar-refractivity contribution in [1.82, 2.24) is 4.98 Å². The zero-order valence-corrected chi connectivity index (χ0v) is 11.0. The summed E-state index contributed by atoms with van der Waals surface area (Å²) in [6.07, 6.45) is 3.56. The number of H-pyrrole nitrogens is 1. The predicted octanol–water partition coefficient (Wildman–Crippen LogP) is 3.05. The van der Waals surface area contributed by atoms with Gasteiger partial charge in [-0.25, -0.2) is 4.21 Å². The summed E-state index contributed by atoms with van der Waals surface area (Å²) in [5.41, 5.74) is 2.04. The Bertz CT molecular complexity index is 578. The summed E-state index contributed by atoms with van der Waals surface area (Å²) in [7, 11) is -1.21. The minimum atomic E-state index is -1.21. The molecule has 1 aromatic heterocycles. The number of fused-ring (bicyclic) bond motifs is 1. The zero-order chi connectivity index (χ0) is 12.5. The number of benzene rings is 1. The van der Waals surface area contributed by atoms with Crippen molar-refractivity contribution in [3.05, 3.63) is 36.0 Å². The number of nitrogens with zero attached hydrogens (tertiary/aromatic N) is 1. The van der Waals surface area contributed by atoms with Gasteiger partial charge in [-0.1, -0.05) is 18.2 Å². The van der Waals surface area contributed by atoms with Crippen molar-refractivity contribution < 1.29 is 4.21 Å². The molecule has 0 aliphatic rings. The summed E-state index contributed by atoms with van der Waals surface area (Å²) in [6, 6.07) is 7.99. The summed E-state index contributed by atoms with van der Waals surface area (Å²) in [4.78, 5) is 3.16. The number of rotatable bonds is 2. The van der Waals surface area contributed by atoms with Gasteiger partial charge >= 0.3 is 0 Å². The van der Waals surface area contributed by atoms with Crippen LogP contribution in [0.25, 0.3) is 10.9 Å². The molecule has 4 heteroatoms. The average molecular weight is 248 g/mol. The van der Waals surface area contributed by atoms with Crippen LogP contribution in [-0.4, -0.2) is 20.2 Å². The SMILES string of the molecule is CC(C)(C)S(=O)/N=C/c1c[nH]c2ccccc12. The Morgan fingerprint density at radius 1 is 1.29 bits per heavy atom. The quantitative estimate of drug-likeness (QED) is 0.816. The van der Waals surface area contributed by atoms with E-state index >= 15 is 0 Å². The summed E-state index contributed by atoms with van der Waals surface area (Å²) in [5, 5.41) is 1.10. The number of nitrogens with one attached hydrogen (secondary N) is 1. The normalized spacial score (nSPS) is 14.5. The molecule has 2 aromatic rings. The molecule has 0 spiro atoms. The molecule has 1 heterocycles. The number of aromatic amines is 1. The fraction of sp³-hybridized carbons (Fsp3) is 0.308. The van der Waals surface area contributed by atoms with Crippen molar-refractivity contribution in [3.8, 4) is 0 Å². The molecule has 90 valence electrons. The van der Waals surface area contributed by atoms with Crippen molar-refractivity contribution in [2.24, 2.45) is 4.40 Å². The first-order valence-corrected chi connectivity index (χ1v) is 6.61. The van der Waals surface area contributed by atoms with Gasteiger partial charge in [0, 0.05) is 28.9 Å². The number of hydrogen-bond donors (Lipinski definition) is 1. The molecule has 1 unspecified atom stereocenters. The third-order valence-electron chi connectivity index (χ3n) is 2.43. The van der Waals surface area contributed by atoms with E-state index in [1.807, 2.05) is 51.2 Å². The first-order valence-electron chi connectivity index (χ1n) is 5.50. The van der Waals surface area contributed by atoms with Crippen molar-refractivity contribution in [2.75, 3.05) is 0 Å². The van der Waals surface area contributed by atoms with E-state index < -0.39 is 11.0 Å². The van der Waals surface area contributed by atoms with Gasteiger partial charge in [-0.3, -0.25) is 0 Å². The van der Waals surface area contributed by atoms with Crippen LogP contribution in [0.15, 0.2) is 34.9 Å². The van der Waals surface area contributed by atoms with Gasteiger partial charge < -0.3 is 4.98 Å². The molecular weight excluding hydrogens is 232 g/mol. The summed E-state index contributed by atoms with van der Waals surface area (Å²) in [6.45, 7) is 5.74. The molecule has 3 nitrogen and oxygen atoms in total. The molecule has 1 N–H and O–H groups in total. The van der Waals surface area contributed by atoms with Crippen LogP contribution >= 0.6 is 0 Å². The van der Waals surface area contributed by atoms with Gasteiger partial charge in [-0.15, -0.1) is 0 Å². The molecule has 0 aliphatic carbocycles. The lowest BCUT2D eigenvalue weighted by Gasteiger charge is -2.12. The second kappa shape index (κ2) is 4.45. The Hall–Kier alpha value is -1.42. The molecule has 0 saturated heterocycles. The van der Waals surface area contributed by atoms with Gasteiger partial charge in [0.15, 0.2) is 0 Å². The van der Waals surface area contributed by atoms with Crippen molar-refractivity contribution >= 4 is 28.1 Å². The van der Waals surface area contributed by atoms with E-state index in [0.717, 1.165) is 16.5 Å². The van der Waals surface area contributed by atoms with Crippen LogP contribution < -0.4 is 0 Å². The molecule has 0 aliphatic heterocycles. The lowest BCUT2D eigenvalue weighted by atomic mass is 10.2.